The van der Waals surface area contributed by atoms with Crippen molar-refractivity contribution in [1.82, 2.24) is 5.01 Å². The summed E-state index contributed by atoms with van der Waals surface area (Å²) < 4.78 is 17.4. The zero-order valence-corrected chi connectivity index (χ0v) is 16.4. The van der Waals surface area contributed by atoms with Crippen LogP contribution >= 0.6 is 0 Å². The van der Waals surface area contributed by atoms with Gasteiger partial charge in [-0.15, -0.1) is 0 Å². The summed E-state index contributed by atoms with van der Waals surface area (Å²) in [6.45, 7) is 0. The van der Waals surface area contributed by atoms with Crippen molar-refractivity contribution >= 4 is 5.71 Å². The Labute approximate surface area is 170 Å². The minimum atomic E-state index is -0.353. The third-order valence-electron chi connectivity index (χ3n) is 5.51. The SMILES string of the molecule is COc1cccc(C2=NN3C(C2)c2ccccc2OC3c2ccccc2OC)c1. The van der Waals surface area contributed by atoms with Gasteiger partial charge in [-0.3, -0.25) is 0 Å². The molecule has 0 N–H and O–H groups in total. The standard InChI is InChI=1S/C24H22N2O3/c1-27-17-9-7-8-16(14-17)20-15-21-18-10-3-6-13-23(18)29-24(26(21)25-20)19-11-4-5-12-22(19)28-2/h3-14,21,24H,15H2,1-2H3. The molecule has 0 radical (unpaired) electrons. The van der Waals surface area contributed by atoms with Crippen molar-refractivity contribution in [3.63, 3.8) is 0 Å². The van der Waals surface area contributed by atoms with Crippen LogP contribution < -0.4 is 14.2 Å². The number of fused-ring (bicyclic) bond motifs is 3. The van der Waals surface area contributed by atoms with Crippen LogP contribution in [0.25, 0.3) is 0 Å². The van der Waals surface area contributed by atoms with Crippen LogP contribution in [0.3, 0.4) is 0 Å². The summed E-state index contributed by atoms with van der Waals surface area (Å²) in [5.41, 5.74) is 4.20. The van der Waals surface area contributed by atoms with Gasteiger partial charge < -0.3 is 14.2 Å². The maximum atomic E-state index is 6.42. The summed E-state index contributed by atoms with van der Waals surface area (Å²) in [6, 6.07) is 24.3. The van der Waals surface area contributed by atoms with Crippen molar-refractivity contribution in [2.45, 2.75) is 18.7 Å². The highest BCUT2D eigenvalue weighted by atomic mass is 16.5. The molecule has 2 atom stereocenters. The third kappa shape index (κ3) is 2.99. The van der Waals surface area contributed by atoms with Crippen LogP contribution in [0.2, 0.25) is 0 Å². The third-order valence-corrected chi connectivity index (χ3v) is 5.51. The minimum Gasteiger partial charge on any atom is -0.497 e. The number of hydrogen-bond donors (Lipinski definition) is 0. The lowest BCUT2D eigenvalue weighted by Crippen LogP contribution is -2.33. The van der Waals surface area contributed by atoms with E-state index in [-0.39, 0.29) is 12.3 Å². The first kappa shape index (κ1) is 17.6. The largest absolute Gasteiger partial charge is 0.497 e. The molecule has 5 nitrogen and oxygen atoms in total. The van der Waals surface area contributed by atoms with Gasteiger partial charge in [-0.1, -0.05) is 42.5 Å². The van der Waals surface area contributed by atoms with Crippen molar-refractivity contribution in [3.8, 4) is 17.2 Å². The molecule has 0 fully saturated rings. The first-order valence-corrected chi connectivity index (χ1v) is 9.67. The molecule has 5 heteroatoms. The zero-order chi connectivity index (χ0) is 19.8. The van der Waals surface area contributed by atoms with Gasteiger partial charge in [0.1, 0.15) is 17.2 Å². The van der Waals surface area contributed by atoms with Crippen molar-refractivity contribution in [3.05, 3.63) is 89.5 Å². The van der Waals surface area contributed by atoms with E-state index in [1.165, 1.54) is 0 Å². The van der Waals surface area contributed by atoms with Gasteiger partial charge in [-0.25, -0.2) is 5.01 Å². The molecule has 2 unspecified atom stereocenters. The predicted octanol–water partition coefficient (Wildman–Crippen LogP) is 4.95. The van der Waals surface area contributed by atoms with Crippen LogP contribution in [0, 0.1) is 0 Å². The van der Waals surface area contributed by atoms with E-state index in [1.54, 1.807) is 14.2 Å². The fourth-order valence-electron chi connectivity index (χ4n) is 4.09. The molecular weight excluding hydrogens is 364 g/mol. The maximum Gasteiger partial charge on any atom is 0.217 e. The maximum absolute atomic E-state index is 6.42. The first-order valence-electron chi connectivity index (χ1n) is 9.67. The van der Waals surface area contributed by atoms with Gasteiger partial charge in [0.2, 0.25) is 6.23 Å². The Morgan fingerprint density at radius 3 is 2.52 bits per heavy atom. The molecule has 2 heterocycles. The van der Waals surface area contributed by atoms with Gasteiger partial charge >= 0.3 is 0 Å². The molecule has 2 aliphatic rings. The highest BCUT2D eigenvalue weighted by molar-refractivity contribution is 6.02. The Hall–Kier alpha value is -3.47. The molecule has 29 heavy (non-hydrogen) atoms. The molecule has 3 aromatic carbocycles. The molecule has 0 bridgehead atoms. The number of hydrogen-bond acceptors (Lipinski definition) is 5. The van der Waals surface area contributed by atoms with Crippen LogP contribution in [0.1, 0.15) is 35.4 Å². The molecule has 0 aliphatic carbocycles. The number of para-hydroxylation sites is 2. The molecule has 0 aromatic heterocycles. The fraction of sp³-hybridized carbons (Fsp3) is 0.208. The lowest BCUT2D eigenvalue weighted by Gasteiger charge is -2.38. The molecule has 0 amide bonds. The summed E-state index contributed by atoms with van der Waals surface area (Å²) in [5, 5.41) is 7.07. The van der Waals surface area contributed by atoms with Gasteiger partial charge in [-0.2, -0.15) is 5.10 Å². The lowest BCUT2D eigenvalue weighted by atomic mass is 9.96. The van der Waals surface area contributed by atoms with Crippen LogP contribution in [0.4, 0.5) is 0 Å². The lowest BCUT2D eigenvalue weighted by molar-refractivity contribution is -0.0203. The normalized spacial score (nSPS) is 19.7. The van der Waals surface area contributed by atoms with Crippen molar-refractivity contribution in [2.24, 2.45) is 5.10 Å². The Morgan fingerprint density at radius 1 is 0.897 bits per heavy atom. The van der Waals surface area contributed by atoms with E-state index in [0.717, 1.165) is 46.1 Å². The van der Waals surface area contributed by atoms with Crippen molar-refractivity contribution in [2.75, 3.05) is 14.2 Å². The van der Waals surface area contributed by atoms with Gasteiger partial charge in [-0.05, 0) is 30.3 Å². The molecule has 5 rings (SSSR count). The zero-order valence-electron chi connectivity index (χ0n) is 16.4. The smallest absolute Gasteiger partial charge is 0.217 e. The number of nitrogens with zero attached hydrogens (tertiary/aromatic N) is 2. The Kier molecular flexibility index (Phi) is 4.35. The molecule has 0 saturated carbocycles. The molecule has 3 aromatic rings. The predicted molar refractivity (Wildman–Crippen MR) is 112 cm³/mol. The second-order valence-electron chi connectivity index (χ2n) is 7.13. The van der Waals surface area contributed by atoms with E-state index in [0.29, 0.717) is 0 Å². The Morgan fingerprint density at radius 2 is 1.69 bits per heavy atom. The highest BCUT2D eigenvalue weighted by Crippen LogP contribution is 2.48. The van der Waals surface area contributed by atoms with E-state index in [9.17, 15) is 0 Å². The van der Waals surface area contributed by atoms with Crippen LogP contribution in [-0.2, 0) is 0 Å². The highest BCUT2D eigenvalue weighted by Gasteiger charge is 2.41. The van der Waals surface area contributed by atoms with Gasteiger partial charge in [0, 0.05) is 17.5 Å². The number of hydrazone groups is 1. The fourth-order valence-corrected chi connectivity index (χ4v) is 4.09. The summed E-state index contributed by atoms with van der Waals surface area (Å²) >= 11 is 0. The van der Waals surface area contributed by atoms with Crippen LogP contribution in [0.5, 0.6) is 17.2 Å². The summed E-state index contributed by atoms with van der Waals surface area (Å²) in [5.74, 6) is 2.51. The summed E-state index contributed by atoms with van der Waals surface area (Å²) in [7, 11) is 3.36. The number of benzene rings is 3. The molecule has 146 valence electrons. The van der Waals surface area contributed by atoms with E-state index in [2.05, 4.69) is 17.1 Å². The Bertz CT molecular complexity index is 1080. The first-order chi connectivity index (χ1) is 14.3. The number of methoxy groups -OCH3 is 2. The summed E-state index contributed by atoms with van der Waals surface area (Å²) in [6.07, 6.45) is 0.452. The summed E-state index contributed by atoms with van der Waals surface area (Å²) in [4.78, 5) is 0. The average molecular weight is 386 g/mol. The van der Waals surface area contributed by atoms with E-state index in [1.807, 2.05) is 60.7 Å². The van der Waals surface area contributed by atoms with Crippen molar-refractivity contribution in [1.29, 1.82) is 0 Å². The van der Waals surface area contributed by atoms with Gasteiger partial charge in [0.25, 0.3) is 0 Å². The van der Waals surface area contributed by atoms with E-state index < -0.39 is 0 Å². The topological polar surface area (TPSA) is 43.3 Å². The second-order valence-corrected chi connectivity index (χ2v) is 7.13. The number of ether oxygens (including phenoxy) is 3. The Balaban J connectivity index is 1.61. The quantitative estimate of drug-likeness (QED) is 0.637. The van der Waals surface area contributed by atoms with Crippen LogP contribution in [-0.4, -0.2) is 24.9 Å². The number of rotatable bonds is 4. The molecule has 0 saturated heterocycles. The van der Waals surface area contributed by atoms with Crippen molar-refractivity contribution < 1.29 is 14.2 Å². The second kappa shape index (κ2) is 7.17. The van der Waals surface area contributed by atoms with Gasteiger partial charge in [0.15, 0.2) is 0 Å². The van der Waals surface area contributed by atoms with Crippen LogP contribution in [0.15, 0.2) is 77.9 Å². The molecule has 0 spiro atoms. The average Bonchev–Trinajstić information content (AvgIpc) is 3.24. The monoisotopic (exact) mass is 386 g/mol. The van der Waals surface area contributed by atoms with Gasteiger partial charge in [0.05, 0.1) is 31.5 Å². The molecular formula is C24H22N2O3. The van der Waals surface area contributed by atoms with E-state index >= 15 is 0 Å². The van der Waals surface area contributed by atoms with E-state index in [4.69, 9.17) is 19.3 Å². The molecule has 2 aliphatic heterocycles. The minimum absolute atomic E-state index is 0.107.